The van der Waals surface area contributed by atoms with Gasteiger partial charge in [-0.1, -0.05) is 11.8 Å². The number of thioether (sulfide) groups is 1. The lowest BCUT2D eigenvalue weighted by Gasteiger charge is -2.15. The second kappa shape index (κ2) is 3.63. The van der Waals surface area contributed by atoms with E-state index in [0.29, 0.717) is 23.2 Å². The van der Waals surface area contributed by atoms with E-state index in [1.807, 2.05) is 0 Å². The van der Waals surface area contributed by atoms with Gasteiger partial charge in [0, 0.05) is 13.1 Å². The van der Waals surface area contributed by atoms with Gasteiger partial charge in [0.15, 0.2) is 0 Å². The Morgan fingerprint density at radius 1 is 1.62 bits per heavy atom. The maximum absolute atomic E-state index is 12.1. The lowest BCUT2D eigenvalue weighted by molar-refractivity contribution is 0.252. The van der Waals surface area contributed by atoms with Gasteiger partial charge in [-0.3, -0.25) is 4.68 Å². The average Bonchev–Trinajstić information content (AvgIpc) is 2.48. The summed E-state index contributed by atoms with van der Waals surface area (Å²) in [6.07, 6.45) is 1.51. The van der Waals surface area contributed by atoms with Crippen molar-refractivity contribution < 1.29 is 8.78 Å². The van der Waals surface area contributed by atoms with E-state index in [2.05, 4.69) is 10.4 Å². The molecule has 13 heavy (non-hydrogen) atoms. The van der Waals surface area contributed by atoms with E-state index >= 15 is 0 Å². The number of aromatic nitrogens is 2. The molecule has 0 saturated carbocycles. The summed E-state index contributed by atoms with van der Waals surface area (Å²) >= 11 is 0.563. The molecule has 0 bridgehead atoms. The fourth-order valence-corrected chi connectivity index (χ4v) is 1.96. The number of nitrogens with zero attached hydrogens (tertiary/aromatic N) is 2. The Kier molecular flexibility index (Phi) is 2.50. The van der Waals surface area contributed by atoms with Crippen LogP contribution in [0.4, 0.5) is 8.78 Å². The van der Waals surface area contributed by atoms with Crippen LogP contribution < -0.4 is 5.32 Å². The molecule has 0 atom stereocenters. The molecular formula is C7H9F2N3S. The van der Waals surface area contributed by atoms with E-state index in [9.17, 15) is 8.78 Å². The highest BCUT2D eigenvalue weighted by Crippen LogP contribution is 2.28. The van der Waals surface area contributed by atoms with E-state index < -0.39 is 5.76 Å². The number of rotatable bonds is 2. The summed E-state index contributed by atoms with van der Waals surface area (Å²) in [7, 11) is 0. The minimum absolute atomic E-state index is 0.563. The highest BCUT2D eigenvalue weighted by Gasteiger charge is 2.17. The molecule has 2 heterocycles. The van der Waals surface area contributed by atoms with Crippen molar-refractivity contribution >= 4 is 11.8 Å². The number of fused-ring (bicyclic) bond motifs is 1. The van der Waals surface area contributed by atoms with Crippen LogP contribution in [0.5, 0.6) is 0 Å². The predicted octanol–water partition coefficient (Wildman–Crippen LogP) is 1.30. The Bertz CT molecular complexity index is 300. The van der Waals surface area contributed by atoms with Gasteiger partial charge in [0.2, 0.25) is 0 Å². The predicted molar refractivity (Wildman–Crippen MR) is 45.8 cm³/mol. The van der Waals surface area contributed by atoms with E-state index in [-0.39, 0.29) is 0 Å². The molecule has 0 spiro atoms. The average molecular weight is 205 g/mol. The standard InChI is InChI=1S/C7H9F2N3S/c8-7(9)13-6-4-11-12-2-1-10-3-5(6)12/h4,7,10H,1-3H2. The highest BCUT2D eigenvalue weighted by atomic mass is 32.2. The van der Waals surface area contributed by atoms with E-state index in [4.69, 9.17) is 0 Å². The first-order valence-corrected chi connectivity index (χ1v) is 4.85. The van der Waals surface area contributed by atoms with Crippen molar-refractivity contribution in [3.63, 3.8) is 0 Å². The van der Waals surface area contributed by atoms with Gasteiger partial charge < -0.3 is 5.32 Å². The van der Waals surface area contributed by atoms with Gasteiger partial charge in [0.25, 0.3) is 5.76 Å². The van der Waals surface area contributed by atoms with Gasteiger partial charge in [-0.25, -0.2) is 0 Å². The van der Waals surface area contributed by atoms with Crippen LogP contribution in [0.15, 0.2) is 11.1 Å². The molecule has 0 amide bonds. The van der Waals surface area contributed by atoms with Gasteiger partial charge in [0.1, 0.15) is 0 Å². The molecule has 0 saturated heterocycles. The van der Waals surface area contributed by atoms with Crippen LogP contribution in [0.25, 0.3) is 0 Å². The first-order chi connectivity index (χ1) is 6.27. The third-order valence-electron chi connectivity index (χ3n) is 1.92. The molecular weight excluding hydrogens is 196 g/mol. The van der Waals surface area contributed by atoms with Crippen molar-refractivity contribution in [1.29, 1.82) is 0 Å². The molecule has 3 nitrogen and oxygen atoms in total. The van der Waals surface area contributed by atoms with Crippen LogP contribution in [0.1, 0.15) is 5.69 Å². The summed E-state index contributed by atoms with van der Waals surface area (Å²) in [5, 5.41) is 7.15. The summed E-state index contributed by atoms with van der Waals surface area (Å²) in [6.45, 7) is 2.25. The van der Waals surface area contributed by atoms with Crippen molar-refractivity contribution in [2.45, 2.75) is 23.7 Å². The SMILES string of the molecule is FC(F)Sc1cnn2c1CNCC2. The van der Waals surface area contributed by atoms with Crippen molar-refractivity contribution in [3.05, 3.63) is 11.9 Å². The number of halogens is 2. The van der Waals surface area contributed by atoms with Crippen LogP contribution in [0, 0.1) is 0 Å². The van der Waals surface area contributed by atoms with E-state index in [0.717, 1.165) is 18.8 Å². The van der Waals surface area contributed by atoms with E-state index in [1.54, 1.807) is 4.68 Å². The molecule has 6 heteroatoms. The molecule has 0 fully saturated rings. The zero-order chi connectivity index (χ0) is 9.26. The monoisotopic (exact) mass is 205 g/mol. The van der Waals surface area contributed by atoms with Crippen molar-refractivity contribution in [2.75, 3.05) is 6.54 Å². The lowest BCUT2D eigenvalue weighted by atomic mass is 10.3. The molecule has 0 aliphatic carbocycles. The first kappa shape index (κ1) is 8.96. The van der Waals surface area contributed by atoms with Crippen LogP contribution in [0.3, 0.4) is 0 Å². The number of alkyl halides is 2. The second-order valence-electron chi connectivity index (χ2n) is 2.73. The summed E-state index contributed by atoms with van der Waals surface area (Å²) in [4.78, 5) is 0.585. The topological polar surface area (TPSA) is 29.9 Å². The number of hydrogen-bond donors (Lipinski definition) is 1. The summed E-state index contributed by atoms with van der Waals surface area (Å²) in [5.74, 6) is -2.36. The minimum atomic E-state index is -2.36. The molecule has 1 N–H and O–H groups in total. The number of hydrogen-bond acceptors (Lipinski definition) is 3. The maximum atomic E-state index is 12.1. The molecule has 0 aromatic carbocycles. The molecule has 1 aromatic rings. The van der Waals surface area contributed by atoms with Crippen molar-refractivity contribution in [3.8, 4) is 0 Å². The third-order valence-corrected chi connectivity index (χ3v) is 2.69. The molecule has 1 aromatic heterocycles. The summed E-state index contributed by atoms with van der Waals surface area (Å²) in [6, 6.07) is 0. The second-order valence-corrected chi connectivity index (χ2v) is 3.77. The van der Waals surface area contributed by atoms with E-state index in [1.165, 1.54) is 6.20 Å². The van der Waals surface area contributed by atoms with Crippen molar-refractivity contribution in [1.82, 2.24) is 15.1 Å². The normalized spacial score (nSPS) is 16.2. The minimum Gasteiger partial charge on any atom is -0.309 e. The van der Waals surface area contributed by atoms with Gasteiger partial charge in [-0.15, -0.1) is 0 Å². The summed E-state index contributed by atoms with van der Waals surface area (Å²) in [5.41, 5.74) is 0.872. The Labute approximate surface area is 78.5 Å². The van der Waals surface area contributed by atoms with Gasteiger partial charge in [-0.2, -0.15) is 13.9 Å². The summed E-state index contributed by atoms with van der Waals surface area (Å²) < 4.78 is 25.9. The quantitative estimate of drug-likeness (QED) is 0.738. The molecule has 72 valence electrons. The molecule has 1 aliphatic heterocycles. The van der Waals surface area contributed by atoms with Gasteiger partial charge >= 0.3 is 0 Å². The Hall–Kier alpha value is -0.620. The fraction of sp³-hybridized carbons (Fsp3) is 0.571. The van der Waals surface area contributed by atoms with Crippen LogP contribution in [0.2, 0.25) is 0 Å². The molecule has 1 aliphatic rings. The molecule has 2 rings (SSSR count). The van der Waals surface area contributed by atoms with Gasteiger partial charge in [0.05, 0.1) is 23.3 Å². The Balaban J connectivity index is 2.21. The Morgan fingerprint density at radius 2 is 2.46 bits per heavy atom. The van der Waals surface area contributed by atoms with Crippen LogP contribution in [-0.2, 0) is 13.1 Å². The number of nitrogens with one attached hydrogen (secondary N) is 1. The Morgan fingerprint density at radius 3 is 3.23 bits per heavy atom. The van der Waals surface area contributed by atoms with Gasteiger partial charge in [-0.05, 0) is 0 Å². The largest absolute Gasteiger partial charge is 0.309 e. The zero-order valence-electron chi connectivity index (χ0n) is 6.83. The van der Waals surface area contributed by atoms with Crippen LogP contribution in [-0.4, -0.2) is 22.1 Å². The molecule has 0 radical (unpaired) electrons. The van der Waals surface area contributed by atoms with Crippen LogP contribution >= 0.6 is 11.8 Å². The van der Waals surface area contributed by atoms with Crippen molar-refractivity contribution in [2.24, 2.45) is 0 Å². The first-order valence-electron chi connectivity index (χ1n) is 3.97. The molecule has 0 unspecified atom stereocenters. The fourth-order valence-electron chi connectivity index (χ4n) is 1.35. The highest BCUT2D eigenvalue weighted by molar-refractivity contribution is 7.99. The third kappa shape index (κ3) is 1.83. The maximum Gasteiger partial charge on any atom is 0.289 e. The zero-order valence-corrected chi connectivity index (χ0v) is 7.65. The smallest absolute Gasteiger partial charge is 0.289 e. The lowest BCUT2D eigenvalue weighted by Crippen LogP contribution is -2.28.